The van der Waals surface area contributed by atoms with Gasteiger partial charge in [-0.3, -0.25) is 4.98 Å². The molecule has 0 saturated carbocycles. The van der Waals surface area contributed by atoms with Crippen LogP contribution in [0.3, 0.4) is 0 Å². The molecule has 0 unspecified atom stereocenters. The monoisotopic (exact) mass is 345 g/mol. The predicted octanol–water partition coefficient (Wildman–Crippen LogP) is 4.10. The number of pyridine rings is 2. The number of ether oxygens (including phenoxy) is 1. The summed E-state index contributed by atoms with van der Waals surface area (Å²) < 4.78 is 8.89. The second-order valence-electron chi connectivity index (χ2n) is 4.90. The molecule has 0 saturated heterocycles. The summed E-state index contributed by atoms with van der Waals surface area (Å²) in [5, 5.41) is 1.10. The number of nitrogens with zero attached hydrogens (tertiary/aromatic N) is 3. The third-order valence-electron chi connectivity index (χ3n) is 3.33. The normalized spacial score (nSPS) is 11.0. The van der Waals surface area contributed by atoms with Gasteiger partial charge >= 0.3 is 0 Å². The number of halogens is 1. The van der Waals surface area contributed by atoms with E-state index < -0.39 is 0 Å². The molecular weight excluding hydrogens is 330 g/mol. The van der Waals surface area contributed by atoms with Gasteiger partial charge in [0.25, 0.3) is 0 Å². The van der Waals surface area contributed by atoms with Crippen LogP contribution in [0.15, 0.2) is 41.1 Å². The van der Waals surface area contributed by atoms with Gasteiger partial charge in [0.15, 0.2) is 0 Å². The van der Waals surface area contributed by atoms with Crippen molar-refractivity contribution in [2.45, 2.75) is 27.0 Å². The third-order valence-corrected chi connectivity index (χ3v) is 3.96. The molecule has 0 N–H and O–H groups in total. The van der Waals surface area contributed by atoms with Crippen molar-refractivity contribution in [3.63, 3.8) is 0 Å². The molecule has 0 aromatic carbocycles. The minimum absolute atomic E-state index is 0.423. The first-order valence-electron chi connectivity index (χ1n) is 6.87. The van der Waals surface area contributed by atoms with E-state index in [-0.39, 0.29) is 0 Å². The molecule has 0 aliphatic carbocycles. The summed E-state index contributed by atoms with van der Waals surface area (Å²) in [6.07, 6.45) is 3.89. The van der Waals surface area contributed by atoms with E-state index in [1.54, 1.807) is 0 Å². The molecule has 0 radical (unpaired) electrons. The molecule has 5 heteroatoms. The van der Waals surface area contributed by atoms with Crippen LogP contribution < -0.4 is 4.74 Å². The van der Waals surface area contributed by atoms with Gasteiger partial charge in [0.2, 0.25) is 5.88 Å². The molecule has 0 bridgehead atoms. The van der Waals surface area contributed by atoms with Crippen molar-refractivity contribution in [2.75, 3.05) is 0 Å². The van der Waals surface area contributed by atoms with Gasteiger partial charge in [0.05, 0.1) is 5.69 Å². The van der Waals surface area contributed by atoms with Crippen LogP contribution in [0.4, 0.5) is 0 Å². The highest BCUT2D eigenvalue weighted by Gasteiger charge is 2.08. The largest absolute Gasteiger partial charge is 0.471 e. The minimum atomic E-state index is 0.423. The number of hydrogen-bond acceptors (Lipinski definition) is 3. The number of rotatable bonds is 4. The molecule has 0 aliphatic rings. The van der Waals surface area contributed by atoms with Crippen molar-refractivity contribution in [3.05, 3.63) is 52.4 Å². The van der Waals surface area contributed by atoms with E-state index in [0.717, 1.165) is 33.3 Å². The van der Waals surface area contributed by atoms with Crippen molar-refractivity contribution in [3.8, 4) is 5.88 Å². The fourth-order valence-corrected chi connectivity index (χ4v) is 2.71. The smallest absolute Gasteiger partial charge is 0.215 e. The van der Waals surface area contributed by atoms with Gasteiger partial charge in [-0.2, -0.15) is 4.98 Å². The third kappa shape index (κ3) is 2.93. The quantitative estimate of drug-likeness (QED) is 0.714. The van der Waals surface area contributed by atoms with Gasteiger partial charge in [-0.05, 0) is 47.5 Å². The van der Waals surface area contributed by atoms with Crippen molar-refractivity contribution < 1.29 is 4.74 Å². The van der Waals surface area contributed by atoms with E-state index in [0.29, 0.717) is 12.5 Å². The van der Waals surface area contributed by atoms with Gasteiger partial charge in [0, 0.05) is 34.9 Å². The maximum Gasteiger partial charge on any atom is 0.215 e. The van der Waals surface area contributed by atoms with E-state index in [2.05, 4.69) is 37.4 Å². The number of hydrogen-bond donors (Lipinski definition) is 0. The molecular formula is C16H16BrN3O. The molecule has 3 rings (SSSR count). The Morgan fingerprint density at radius 3 is 2.81 bits per heavy atom. The van der Waals surface area contributed by atoms with Crippen LogP contribution in [0.25, 0.3) is 11.0 Å². The Hall–Kier alpha value is -1.88. The standard InChI is InChI=1S/C16H16BrN3O/c1-3-20-9-14(17)13-6-7-15(19-16(13)20)21-10-12-5-4-11(2)8-18-12/h4-9H,3,10H2,1-2H3. The lowest BCUT2D eigenvalue weighted by Crippen LogP contribution is -2.01. The predicted molar refractivity (Wildman–Crippen MR) is 86.4 cm³/mol. The van der Waals surface area contributed by atoms with Crippen LogP contribution in [0.2, 0.25) is 0 Å². The van der Waals surface area contributed by atoms with Gasteiger partial charge < -0.3 is 9.30 Å². The average molecular weight is 346 g/mol. The summed E-state index contributed by atoms with van der Waals surface area (Å²) in [6.45, 7) is 5.41. The highest BCUT2D eigenvalue weighted by Crippen LogP contribution is 2.27. The van der Waals surface area contributed by atoms with Crippen LogP contribution in [0.1, 0.15) is 18.2 Å². The Kier molecular flexibility index (Phi) is 3.92. The first kappa shape index (κ1) is 14.1. The lowest BCUT2D eigenvalue weighted by molar-refractivity contribution is 0.290. The Morgan fingerprint density at radius 2 is 2.10 bits per heavy atom. The highest BCUT2D eigenvalue weighted by atomic mass is 79.9. The molecule has 3 heterocycles. The van der Waals surface area contributed by atoms with E-state index >= 15 is 0 Å². The van der Waals surface area contributed by atoms with Gasteiger partial charge in [-0.25, -0.2) is 0 Å². The molecule has 0 aliphatic heterocycles. The Morgan fingerprint density at radius 1 is 1.24 bits per heavy atom. The zero-order valence-electron chi connectivity index (χ0n) is 12.0. The van der Waals surface area contributed by atoms with E-state index in [4.69, 9.17) is 4.74 Å². The number of aryl methyl sites for hydroxylation is 2. The van der Waals surface area contributed by atoms with Crippen LogP contribution in [-0.2, 0) is 13.2 Å². The fraction of sp³-hybridized carbons (Fsp3) is 0.250. The Labute approximate surface area is 131 Å². The average Bonchev–Trinajstić information content (AvgIpc) is 2.83. The van der Waals surface area contributed by atoms with E-state index in [1.165, 1.54) is 0 Å². The van der Waals surface area contributed by atoms with E-state index in [9.17, 15) is 0 Å². The first-order chi connectivity index (χ1) is 10.2. The maximum absolute atomic E-state index is 5.75. The highest BCUT2D eigenvalue weighted by molar-refractivity contribution is 9.10. The summed E-state index contributed by atoms with van der Waals surface area (Å²) in [5.74, 6) is 0.616. The SMILES string of the molecule is CCn1cc(Br)c2ccc(OCc3ccc(C)cn3)nc21. The minimum Gasteiger partial charge on any atom is -0.471 e. The molecule has 21 heavy (non-hydrogen) atoms. The molecule has 0 amide bonds. The molecule has 0 atom stereocenters. The van der Waals surface area contributed by atoms with Gasteiger partial charge in [-0.15, -0.1) is 0 Å². The molecule has 3 aromatic rings. The van der Waals surface area contributed by atoms with Crippen LogP contribution in [-0.4, -0.2) is 14.5 Å². The lowest BCUT2D eigenvalue weighted by atomic mass is 10.3. The summed E-state index contributed by atoms with van der Waals surface area (Å²) in [5.41, 5.74) is 2.97. The second kappa shape index (κ2) is 5.85. The van der Waals surface area contributed by atoms with E-state index in [1.807, 2.05) is 43.6 Å². The van der Waals surface area contributed by atoms with Crippen molar-refractivity contribution in [1.82, 2.24) is 14.5 Å². The lowest BCUT2D eigenvalue weighted by Gasteiger charge is -2.06. The molecule has 0 spiro atoms. The van der Waals surface area contributed by atoms with Crippen LogP contribution in [0, 0.1) is 6.92 Å². The second-order valence-corrected chi connectivity index (χ2v) is 5.75. The topological polar surface area (TPSA) is 39.9 Å². The summed E-state index contributed by atoms with van der Waals surface area (Å²) in [6, 6.07) is 7.92. The number of aromatic nitrogens is 3. The zero-order chi connectivity index (χ0) is 14.8. The molecule has 108 valence electrons. The number of fused-ring (bicyclic) bond motifs is 1. The Bertz CT molecular complexity index is 765. The summed E-state index contributed by atoms with van der Waals surface area (Å²) in [4.78, 5) is 8.91. The van der Waals surface area contributed by atoms with Gasteiger partial charge in [-0.1, -0.05) is 6.07 Å². The molecule has 3 aromatic heterocycles. The first-order valence-corrected chi connectivity index (χ1v) is 7.66. The molecule has 0 fully saturated rings. The van der Waals surface area contributed by atoms with Crippen LogP contribution >= 0.6 is 15.9 Å². The summed E-state index contributed by atoms with van der Waals surface area (Å²) in [7, 11) is 0. The van der Waals surface area contributed by atoms with Gasteiger partial charge in [0.1, 0.15) is 12.3 Å². The zero-order valence-corrected chi connectivity index (χ0v) is 13.6. The van der Waals surface area contributed by atoms with Crippen molar-refractivity contribution in [1.29, 1.82) is 0 Å². The fourth-order valence-electron chi connectivity index (χ4n) is 2.16. The van der Waals surface area contributed by atoms with Crippen LogP contribution in [0.5, 0.6) is 5.88 Å². The summed E-state index contributed by atoms with van der Waals surface area (Å²) >= 11 is 3.55. The maximum atomic E-state index is 5.75. The van der Waals surface area contributed by atoms with Crippen molar-refractivity contribution in [2.24, 2.45) is 0 Å². The Balaban J connectivity index is 1.82. The molecule has 4 nitrogen and oxygen atoms in total. The van der Waals surface area contributed by atoms with Crippen molar-refractivity contribution >= 4 is 27.0 Å².